The molecular weight excluding hydrogens is 229 g/mol. The molecule has 1 atom stereocenters. The third-order valence-corrected chi connectivity index (χ3v) is 4.00. The van der Waals surface area contributed by atoms with Crippen molar-refractivity contribution in [2.24, 2.45) is 0 Å². The van der Waals surface area contributed by atoms with Gasteiger partial charge in [0.05, 0.1) is 12.2 Å². The van der Waals surface area contributed by atoms with Crippen LogP contribution in [-0.4, -0.2) is 36.6 Å². The van der Waals surface area contributed by atoms with Crippen LogP contribution in [0.2, 0.25) is 0 Å². The number of halogens is 1. The molecule has 0 aliphatic rings. The third kappa shape index (κ3) is 2.70. The molecule has 102 valence electrons. The van der Waals surface area contributed by atoms with E-state index >= 15 is 0 Å². The highest BCUT2D eigenvalue weighted by atomic mass is 19.1. The summed E-state index contributed by atoms with van der Waals surface area (Å²) in [5.74, 6) is -0.285. The lowest BCUT2D eigenvalue weighted by Crippen LogP contribution is -2.52. The Morgan fingerprint density at radius 2 is 1.94 bits per heavy atom. The largest absolute Gasteiger partial charge is 0.311 e. The summed E-state index contributed by atoms with van der Waals surface area (Å²) in [4.78, 5) is 6.18. The fourth-order valence-electron chi connectivity index (χ4n) is 2.88. The molecule has 1 aromatic heterocycles. The molecule has 0 amide bonds. The van der Waals surface area contributed by atoms with E-state index in [2.05, 4.69) is 43.1 Å². The maximum atomic E-state index is 13.4. The molecule has 0 aliphatic carbocycles. The van der Waals surface area contributed by atoms with Gasteiger partial charge < -0.3 is 10.2 Å². The smallest absolute Gasteiger partial charge is 0.141 e. The van der Waals surface area contributed by atoms with Crippen LogP contribution in [-0.2, 0) is 0 Å². The molecule has 3 nitrogen and oxygen atoms in total. The minimum Gasteiger partial charge on any atom is -0.311 e. The summed E-state index contributed by atoms with van der Waals surface area (Å²) in [7, 11) is 6.06. The van der Waals surface area contributed by atoms with Gasteiger partial charge in [0.2, 0.25) is 0 Å². The van der Waals surface area contributed by atoms with Gasteiger partial charge in [-0.1, -0.05) is 13.8 Å². The van der Waals surface area contributed by atoms with Crippen LogP contribution in [0.1, 0.15) is 38.3 Å². The fraction of sp³-hybridized carbons (Fsp3) is 0.643. The molecule has 1 N–H and O–H groups in total. The number of nitrogens with zero attached hydrogens (tertiary/aromatic N) is 2. The Labute approximate surface area is 109 Å². The molecule has 0 aromatic carbocycles. The molecule has 0 saturated heterocycles. The van der Waals surface area contributed by atoms with E-state index < -0.39 is 0 Å². The van der Waals surface area contributed by atoms with Crippen LogP contribution in [0, 0.1) is 5.82 Å². The lowest BCUT2D eigenvalue weighted by molar-refractivity contribution is 0.0915. The average Bonchev–Trinajstić information content (AvgIpc) is 2.35. The highest BCUT2D eigenvalue weighted by molar-refractivity contribution is 5.20. The monoisotopic (exact) mass is 253 g/mol. The quantitative estimate of drug-likeness (QED) is 0.844. The van der Waals surface area contributed by atoms with Crippen LogP contribution in [0.4, 0.5) is 4.39 Å². The van der Waals surface area contributed by atoms with E-state index in [1.165, 1.54) is 6.20 Å². The standard InChI is InChI=1S/C14H24FN3/c1-6-14(7-2,18(4)5)13(16-3)11-8-12(15)10-17-9-11/h8-10,13,16H,6-7H2,1-5H3. The molecule has 0 bridgehead atoms. The summed E-state index contributed by atoms with van der Waals surface area (Å²) in [6, 6.07) is 1.63. The van der Waals surface area contributed by atoms with Crippen molar-refractivity contribution >= 4 is 0 Å². The van der Waals surface area contributed by atoms with E-state index in [-0.39, 0.29) is 17.4 Å². The number of nitrogens with one attached hydrogen (secondary N) is 1. The Morgan fingerprint density at radius 3 is 2.33 bits per heavy atom. The van der Waals surface area contributed by atoms with Crippen molar-refractivity contribution in [2.45, 2.75) is 38.3 Å². The van der Waals surface area contributed by atoms with E-state index in [0.717, 1.165) is 18.4 Å². The van der Waals surface area contributed by atoms with Crippen molar-refractivity contribution in [1.82, 2.24) is 15.2 Å². The highest BCUT2D eigenvalue weighted by Gasteiger charge is 2.38. The van der Waals surface area contributed by atoms with Crippen molar-refractivity contribution in [1.29, 1.82) is 0 Å². The molecule has 1 aromatic rings. The summed E-state index contributed by atoms with van der Waals surface area (Å²) >= 11 is 0. The maximum absolute atomic E-state index is 13.4. The van der Waals surface area contributed by atoms with Gasteiger partial charge in [-0.2, -0.15) is 0 Å². The third-order valence-electron chi connectivity index (χ3n) is 4.00. The summed E-state index contributed by atoms with van der Waals surface area (Å²) in [5, 5.41) is 3.32. The average molecular weight is 253 g/mol. The van der Waals surface area contributed by atoms with Crippen molar-refractivity contribution in [3.05, 3.63) is 29.8 Å². The molecule has 0 radical (unpaired) electrons. The summed E-state index contributed by atoms with van der Waals surface area (Å²) in [6.45, 7) is 4.33. The molecule has 1 heterocycles. The maximum Gasteiger partial charge on any atom is 0.141 e. The number of aromatic nitrogens is 1. The first kappa shape index (κ1) is 15.1. The number of pyridine rings is 1. The molecule has 0 fully saturated rings. The first-order valence-corrected chi connectivity index (χ1v) is 6.47. The molecular formula is C14H24FN3. The molecule has 1 rings (SSSR count). The van der Waals surface area contributed by atoms with Gasteiger partial charge in [0.1, 0.15) is 5.82 Å². The zero-order valence-corrected chi connectivity index (χ0v) is 12.0. The van der Waals surface area contributed by atoms with Gasteiger partial charge in [-0.3, -0.25) is 4.98 Å². The lowest BCUT2D eigenvalue weighted by Gasteiger charge is -2.45. The van der Waals surface area contributed by atoms with E-state index in [1.54, 1.807) is 12.3 Å². The summed E-state index contributed by atoms with van der Waals surface area (Å²) in [5.41, 5.74) is 0.861. The van der Waals surface area contributed by atoms with Crippen LogP contribution < -0.4 is 5.32 Å². The van der Waals surface area contributed by atoms with Crippen molar-refractivity contribution in [3.63, 3.8) is 0 Å². The first-order chi connectivity index (χ1) is 8.51. The normalized spacial score (nSPS) is 13.9. The summed E-state index contributed by atoms with van der Waals surface area (Å²) in [6.07, 6.45) is 4.95. The Kier molecular flexibility index (Phi) is 5.23. The number of rotatable bonds is 6. The number of likely N-dealkylation sites (N-methyl/N-ethyl adjacent to an activating group) is 2. The van der Waals surface area contributed by atoms with Gasteiger partial charge in [-0.25, -0.2) is 4.39 Å². The van der Waals surface area contributed by atoms with Crippen LogP contribution in [0.25, 0.3) is 0 Å². The van der Waals surface area contributed by atoms with Gasteiger partial charge in [0.15, 0.2) is 0 Å². The topological polar surface area (TPSA) is 28.2 Å². The number of hydrogen-bond donors (Lipinski definition) is 1. The van der Waals surface area contributed by atoms with Gasteiger partial charge in [-0.15, -0.1) is 0 Å². The van der Waals surface area contributed by atoms with Crippen LogP contribution in [0.5, 0.6) is 0 Å². The Morgan fingerprint density at radius 1 is 1.33 bits per heavy atom. The van der Waals surface area contributed by atoms with E-state index in [4.69, 9.17) is 0 Å². The van der Waals surface area contributed by atoms with E-state index in [9.17, 15) is 4.39 Å². The SMILES string of the molecule is CCC(CC)(C(NC)c1cncc(F)c1)N(C)C. The van der Waals surface area contributed by atoms with Gasteiger partial charge >= 0.3 is 0 Å². The van der Waals surface area contributed by atoms with Crippen LogP contribution >= 0.6 is 0 Å². The summed E-state index contributed by atoms with van der Waals surface area (Å²) < 4.78 is 13.4. The minimum atomic E-state index is -0.285. The number of hydrogen-bond acceptors (Lipinski definition) is 3. The van der Waals surface area contributed by atoms with Gasteiger partial charge in [0.25, 0.3) is 0 Å². The minimum absolute atomic E-state index is 0.0375. The zero-order valence-electron chi connectivity index (χ0n) is 12.0. The zero-order chi connectivity index (χ0) is 13.8. The second kappa shape index (κ2) is 6.25. The second-order valence-electron chi connectivity index (χ2n) is 4.86. The Balaban J connectivity index is 3.22. The van der Waals surface area contributed by atoms with Crippen molar-refractivity contribution in [2.75, 3.05) is 21.1 Å². The lowest BCUT2D eigenvalue weighted by atomic mass is 9.80. The van der Waals surface area contributed by atoms with E-state index in [1.807, 2.05) is 7.05 Å². The van der Waals surface area contributed by atoms with Crippen LogP contribution in [0.3, 0.4) is 0 Å². The molecule has 1 unspecified atom stereocenters. The molecule has 4 heteroatoms. The van der Waals surface area contributed by atoms with E-state index in [0.29, 0.717) is 0 Å². The molecule has 18 heavy (non-hydrogen) atoms. The molecule has 0 spiro atoms. The predicted octanol–water partition coefficient (Wildman–Crippen LogP) is 2.60. The fourth-order valence-corrected chi connectivity index (χ4v) is 2.88. The van der Waals surface area contributed by atoms with Crippen molar-refractivity contribution in [3.8, 4) is 0 Å². The van der Waals surface area contributed by atoms with Gasteiger partial charge in [-0.05, 0) is 45.6 Å². The molecule has 0 saturated carbocycles. The van der Waals surface area contributed by atoms with Crippen LogP contribution in [0.15, 0.2) is 18.5 Å². The van der Waals surface area contributed by atoms with Crippen molar-refractivity contribution < 1.29 is 4.39 Å². The predicted molar refractivity (Wildman–Crippen MR) is 73.0 cm³/mol. The highest BCUT2D eigenvalue weighted by Crippen LogP contribution is 2.35. The Bertz CT molecular complexity index is 375. The van der Waals surface area contributed by atoms with Gasteiger partial charge in [0, 0.05) is 11.7 Å². The Hall–Kier alpha value is -1.00. The second-order valence-corrected chi connectivity index (χ2v) is 4.86. The first-order valence-electron chi connectivity index (χ1n) is 6.47. The molecule has 0 aliphatic heterocycles.